The van der Waals surface area contributed by atoms with Crippen molar-refractivity contribution in [2.75, 3.05) is 19.0 Å². The molecule has 0 radical (unpaired) electrons. The fraction of sp³-hybridized carbons (Fsp3) is 0.471. The number of rotatable bonds is 7. The van der Waals surface area contributed by atoms with Crippen LogP contribution in [0.4, 0.5) is 5.69 Å². The summed E-state index contributed by atoms with van der Waals surface area (Å²) in [6, 6.07) is 5.46. The van der Waals surface area contributed by atoms with Gasteiger partial charge in [0.15, 0.2) is 0 Å². The van der Waals surface area contributed by atoms with Crippen molar-refractivity contribution in [1.29, 1.82) is 0 Å². The Hall–Kier alpha value is -1.99. The molecule has 0 aliphatic carbocycles. The molecule has 1 amide bonds. The first kappa shape index (κ1) is 17.1. The highest BCUT2D eigenvalue weighted by Crippen LogP contribution is 2.25. The average molecular weight is 288 g/mol. The second kappa shape index (κ2) is 9.84. The molecule has 21 heavy (non-hydrogen) atoms. The van der Waals surface area contributed by atoms with Gasteiger partial charge in [-0.05, 0) is 24.6 Å². The zero-order chi connectivity index (χ0) is 15.5. The summed E-state index contributed by atoms with van der Waals surface area (Å²) in [5, 5.41) is 2.89. The van der Waals surface area contributed by atoms with E-state index < -0.39 is 0 Å². The minimum atomic E-state index is 0.00772. The highest BCUT2D eigenvalue weighted by Gasteiger charge is 2.08. The Balaban J connectivity index is 2.68. The summed E-state index contributed by atoms with van der Waals surface area (Å²) in [4.78, 5) is 11.9. The lowest BCUT2D eigenvalue weighted by Crippen LogP contribution is -2.12. The molecule has 0 aliphatic heterocycles. The molecule has 1 rings (SSSR count). The average Bonchev–Trinajstić information content (AvgIpc) is 2.50. The van der Waals surface area contributed by atoms with Crippen molar-refractivity contribution < 1.29 is 9.53 Å². The number of hydrogen-bond donors (Lipinski definition) is 2. The van der Waals surface area contributed by atoms with Crippen LogP contribution in [0.5, 0.6) is 5.75 Å². The van der Waals surface area contributed by atoms with Gasteiger partial charge in [0.05, 0.1) is 19.3 Å². The van der Waals surface area contributed by atoms with Crippen molar-refractivity contribution in [2.24, 2.45) is 5.73 Å². The number of amides is 1. The molecule has 0 spiro atoms. The molecule has 0 aromatic heterocycles. The van der Waals surface area contributed by atoms with Gasteiger partial charge < -0.3 is 15.8 Å². The summed E-state index contributed by atoms with van der Waals surface area (Å²) in [6.45, 7) is 2.46. The zero-order valence-electron chi connectivity index (χ0n) is 12.9. The Bertz CT molecular complexity index is 515. The third-order valence-electron chi connectivity index (χ3n) is 3.07. The predicted molar refractivity (Wildman–Crippen MR) is 86.3 cm³/mol. The van der Waals surface area contributed by atoms with Gasteiger partial charge >= 0.3 is 0 Å². The molecule has 0 fully saturated rings. The zero-order valence-corrected chi connectivity index (χ0v) is 12.9. The van der Waals surface area contributed by atoms with Crippen molar-refractivity contribution in [3.05, 3.63) is 23.8 Å². The number of ether oxygens (including phenoxy) is 1. The largest absolute Gasteiger partial charge is 0.495 e. The quantitative estimate of drug-likeness (QED) is 0.599. The maximum Gasteiger partial charge on any atom is 0.224 e. The summed E-state index contributed by atoms with van der Waals surface area (Å²) in [5.41, 5.74) is 6.82. The molecule has 1 aromatic carbocycles. The van der Waals surface area contributed by atoms with Crippen LogP contribution in [0.2, 0.25) is 0 Å². The standard InChI is InChI=1S/C17H24N2O2/c1-3-4-5-6-9-17(20)19-15-13-14(8-7-12-18)10-11-16(15)21-2/h10-11,13H,3-6,9,12,18H2,1-2H3,(H,19,20). The maximum atomic E-state index is 11.9. The van der Waals surface area contributed by atoms with E-state index in [9.17, 15) is 4.79 Å². The SMILES string of the molecule is CCCCCCC(=O)Nc1cc(C#CCN)ccc1OC. The minimum Gasteiger partial charge on any atom is -0.495 e. The van der Waals surface area contributed by atoms with E-state index >= 15 is 0 Å². The third kappa shape index (κ3) is 6.33. The predicted octanol–water partition coefficient (Wildman–Crippen LogP) is 2.91. The van der Waals surface area contributed by atoms with Gasteiger partial charge in [-0.3, -0.25) is 4.79 Å². The van der Waals surface area contributed by atoms with E-state index in [0.717, 1.165) is 24.8 Å². The molecule has 3 N–H and O–H groups in total. The first-order chi connectivity index (χ1) is 10.2. The van der Waals surface area contributed by atoms with Gasteiger partial charge in [-0.25, -0.2) is 0 Å². The van der Waals surface area contributed by atoms with Crippen molar-refractivity contribution in [2.45, 2.75) is 39.0 Å². The van der Waals surface area contributed by atoms with Crippen LogP contribution in [0.25, 0.3) is 0 Å². The van der Waals surface area contributed by atoms with Crippen LogP contribution in [0, 0.1) is 11.8 Å². The van der Waals surface area contributed by atoms with E-state index in [0.29, 0.717) is 24.4 Å². The Morgan fingerprint density at radius 1 is 1.33 bits per heavy atom. The molecule has 114 valence electrons. The van der Waals surface area contributed by atoms with Crippen LogP contribution in [-0.4, -0.2) is 19.6 Å². The molecule has 4 heteroatoms. The van der Waals surface area contributed by atoms with Gasteiger partial charge in [0.2, 0.25) is 5.91 Å². The van der Waals surface area contributed by atoms with Crippen LogP contribution in [-0.2, 0) is 4.79 Å². The number of benzene rings is 1. The number of nitrogens with two attached hydrogens (primary N) is 1. The molecule has 0 aliphatic rings. The highest BCUT2D eigenvalue weighted by atomic mass is 16.5. The molecule has 0 atom stereocenters. The van der Waals surface area contributed by atoms with Crippen LogP contribution in [0.1, 0.15) is 44.6 Å². The van der Waals surface area contributed by atoms with E-state index in [2.05, 4.69) is 24.1 Å². The van der Waals surface area contributed by atoms with Crippen molar-refractivity contribution in [3.63, 3.8) is 0 Å². The Labute approximate surface area is 127 Å². The lowest BCUT2D eigenvalue weighted by molar-refractivity contribution is -0.116. The molecular weight excluding hydrogens is 264 g/mol. The maximum absolute atomic E-state index is 11.9. The van der Waals surface area contributed by atoms with Gasteiger partial charge in [-0.1, -0.05) is 38.0 Å². The van der Waals surface area contributed by atoms with Crippen molar-refractivity contribution in [3.8, 4) is 17.6 Å². The van der Waals surface area contributed by atoms with E-state index in [4.69, 9.17) is 10.5 Å². The van der Waals surface area contributed by atoms with Gasteiger partial charge in [0.1, 0.15) is 5.75 Å². The first-order valence-corrected chi connectivity index (χ1v) is 7.38. The number of anilines is 1. The highest BCUT2D eigenvalue weighted by molar-refractivity contribution is 5.92. The number of hydrogen-bond acceptors (Lipinski definition) is 3. The lowest BCUT2D eigenvalue weighted by Gasteiger charge is -2.10. The van der Waals surface area contributed by atoms with E-state index in [-0.39, 0.29) is 5.91 Å². The summed E-state index contributed by atoms with van der Waals surface area (Å²) in [5.74, 6) is 6.38. The Morgan fingerprint density at radius 3 is 2.81 bits per heavy atom. The van der Waals surface area contributed by atoms with Gasteiger partial charge in [-0.15, -0.1) is 0 Å². The van der Waals surface area contributed by atoms with Gasteiger partial charge in [0.25, 0.3) is 0 Å². The van der Waals surface area contributed by atoms with Gasteiger partial charge in [0, 0.05) is 12.0 Å². The number of carbonyl (C=O) groups is 1. The monoisotopic (exact) mass is 288 g/mol. The summed E-state index contributed by atoms with van der Waals surface area (Å²) >= 11 is 0. The smallest absolute Gasteiger partial charge is 0.224 e. The number of methoxy groups -OCH3 is 1. The Kier molecular flexibility index (Phi) is 8.00. The molecule has 0 unspecified atom stereocenters. The molecule has 0 bridgehead atoms. The fourth-order valence-corrected chi connectivity index (χ4v) is 1.96. The lowest BCUT2D eigenvalue weighted by atomic mass is 10.1. The molecule has 0 saturated carbocycles. The van der Waals surface area contributed by atoms with Crippen LogP contribution in [0.15, 0.2) is 18.2 Å². The number of carbonyl (C=O) groups excluding carboxylic acids is 1. The van der Waals surface area contributed by atoms with E-state index in [1.807, 2.05) is 12.1 Å². The molecule has 0 heterocycles. The summed E-state index contributed by atoms with van der Waals surface area (Å²) < 4.78 is 5.26. The van der Waals surface area contributed by atoms with Crippen LogP contribution < -0.4 is 15.8 Å². The van der Waals surface area contributed by atoms with E-state index in [1.54, 1.807) is 13.2 Å². The topological polar surface area (TPSA) is 64.4 Å². The minimum absolute atomic E-state index is 0.00772. The summed E-state index contributed by atoms with van der Waals surface area (Å²) in [6.07, 6.45) is 4.86. The third-order valence-corrected chi connectivity index (χ3v) is 3.07. The van der Waals surface area contributed by atoms with Crippen LogP contribution >= 0.6 is 0 Å². The van der Waals surface area contributed by atoms with Crippen molar-refractivity contribution >= 4 is 11.6 Å². The first-order valence-electron chi connectivity index (χ1n) is 7.38. The number of unbranched alkanes of at least 4 members (excludes halogenated alkanes) is 3. The second-order valence-corrected chi connectivity index (χ2v) is 4.78. The molecular formula is C17H24N2O2. The molecule has 1 aromatic rings. The van der Waals surface area contributed by atoms with Crippen LogP contribution in [0.3, 0.4) is 0 Å². The Morgan fingerprint density at radius 2 is 2.14 bits per heavy atom. The van der Waals surface area contributed by atoms with Gasteiger partial charge in [-0.2, -0.15) is 0 Å². The van der Waals surface area contributed by atoms with Crippen molar-refractivity contribution in [1.82, 2.24) is 0 Å². The fourth-order valence-electron chi connectivity index (χ4n) is 1.96. The molecule has 0 saturated heterocycles. The number of nitrogens with one attached hydrogen (secondary N) is 1. The van der Waals surface area contributed by atoms with E-state index in [1.165, 1.54) is 6.42 Å². The summed E-state index contributed by atoms with van der Waals surface area (Å²) in [7, 11) is 1.58. The normalized spacial score (nSPS) is 9.67. The molecule has 4 nitrogen and oxygen atoms in total. The second-order valence-electron chi connectivity index (χ2n) is 4.78.